The van der Waals surface area contributed by atoms with E-state index in [1.54, 1.807) is 0 Å². The monoisotopic (exact) mass is 250 g/mol. The van der Waals surface area contributed by atoms with Crippen molar-refractivity contribution in [2.45, 2.75) is 64.3 Å². The average molecular weight is 250 g/mol. The normalized spacial score (nSPS) is 31.6. The van der Waals surface area contributed by atoms with Crippen molar-refractivity contribution in [2.24, 2.45) is 0 Å². The molecule has 2 unspecified atom stereocenters. The van der Waals surface area contributed by atoms with E-state index in [-0.39, 0.29) is 11.6 Å². The molecule has 18 heavy (non-hydrogen) atoms. The van der Waals surface area contributed by atoms with Crippen LogP contribution in [0.15, 0.2) is 0 Å². The first kappa shape index (κ1) is 12.1. The number of nitrogens with one attached hydrogen (secondary N) is 1. The predicted molar refractivity (Wildman–Crippen MR) is 68.2 cm³/mol. The van der Waals surface area contributed by atoms with Crippen molar-refractivity contribution in [1.29, 1.82) is 0 Å². The summed E-state index contributed by atoms with van der Waals surface area (Å²) >= 11 is 0. The Morgan fingerprint density at radius 2 is 2.33 bits per heavy atom. The third-order valence-corrected chi connectivity index (χ3v) is 4.47. The Bertz CT molecular complexity index is 431. The SMILES string of the molecule is CC1OCCC1(C)NCc1nnc2n1CCCC2. The quantitative estimate of drug-likeness (QED) is 0.878. The summed E-state index contributed by atoms with van der Waals surface area (Å²) in [5.74, 6) is 2.23. The average Bonchev–Trinajstić information content (AvgIpc) is 2.93. The fourth-order valence-corrected chi connectivity index (χ4v) is 2.85. The van der Waals surface area contributed by atoms with E-state index in [1.807, 2.05) is 0 Å². The number of aromatic nitrogens is 3. The molecule has 0 saturated carbocycles. The zero-order valence-corrected chi connectivity index (χ0v) is 11.3. The van der Waals surface area contributed by atoms with E-state index in [2.05, 4.69) is 33.9 Å². The van der Waals surface area contributed by atoms with Crippen LogP contribution in [0.3, 0.4) is 0 Å². The van der Waals surface area contributed by atoms with E-state index in [0.29, 0.717) is 0 Å². The van der Waals surface area contributed by atoms with Gasteiger partial charge in [-0.2, -0.15) is 0 Å². The van der Waals surface area contributed by atoms with Crippen LogP contribution in [0.25, 0.3) is 0 Å². The second kappa shape index (κ2) is 4.63. The van der Waals surface area contributed by atoms with E-state index in [0.717, 1.165) is 44.2 Å². The molecule has 1 saturated heterocycles. The lowest BCUT2D eigenvalue weighted by molar-refractivity contribution is 0.0877. The highest BCUT2D eigenvalue weighted by Gasteiger charge is 2.36. The second-order valence-corrected chi connectivity index (χ2v) is 5.68. The minimum atomic E-state index is 0.0705. The molecule has 0 bridgehead atoms. The molecule has 2 atom stereocenters. The Balaban J connectivity index is 1.68. The molecule has 2 aliphatic rings. The molecule has 1 fully saturated rings. The number of rotatable bonds is 3. The minimum Gasteiger partial charge on any atom is -0.377 e. The number of hydrogen-bond donors (Lipinski definition) is 1. The number of aryl methyl sites for hydroxylation is 1. The van der Waals surface area contributed by atoms with Crippen LogP contribution in [0.1, 0.15) is 44.8 Å². The summed E-state index contributed by atoms with van der Waals surface area (Å²) in [4.78, 5) is 0. The van der Waals surface area contributed by atoms with Gasteiger partial charge in [0, 0.05) is 25.1 Å². The van der Waals surface area contributed by atoms with Crippen LogP contribution < -0.4 is 5.32 Å². The Hall–Kier alpha value is -0.940. The molecule has 5 heteroatoms. The molecule has 0 radical (unpaired) electrons. The lowest BCUT2D eigenvalue weighted by Gasteiger charge is -2.29. The molecule has 100 valence electrons. The molecule has 5 nitrogen and oxygen atoms in total. The lowest BCUT2D eigenvalue weighted by atomic mass is 9.95. The van der Waals surface area contributed by atoms with Crippen molar-refractivity contribution < 1.29 is 4.74 Å². The van der Waals surface area contributed by atoms with E-state index in [1.165, 1.54) is 12.8 Å². The van der Waals surface area contributed by atoms with Crippen LogP contribution in [0.5, 0.6) is 0 Å². The van der Waals surface area contributed by atoms with Gasteiger partial charge in [-0.3, -0.25) is 0 Å². The summed E-state index contributed by atoms with van der Waals surface area (Å²) in [6, 6.07) is 0. The van der Waals surface area contributed by atoms with Gasteiger partial charge in [-0.25, -0.2) is 0 Å². The summed E-state index contributed by atoms with van der Waals surface area (Å²) in [5, 5.41) is 12.2. The van der Waals surface area contributed by atoms with Gasteiger partial charge >= 0.3 is 0 Å². The molecule has 1 aromatic heterocycles. The van der Waals surface area contributed by atoms with E-state index in [4.69, 9.17) is 4.74 Å². The van der Waals surface area contributed by atoms with Gasteiger partial charge in [0.1, 0.15) is 11.6 Å². The highest BCUT2D eigenvalue weighted by Crippen LogP contribution is 2.25. The molecule has 0 spiro atoms. The maximum Gasteiger partial charge on any atom is 0.147 e. The van der Waals surface area contributed by atoms with Gasteiger partial charge in [0.25, 0.3) is 0 Å². The van der Waals surface area contributed by atoms with Gasteiger partial charge < -0.3 is 14.6 Å². The lowest BCUT2D eigenvalue weighted by Crippen LogP contribution is -2.47. The maximum atomic E-state index is 5.65. The van der Waals surface area contributed by atoms with Gasteiger partial charge in [-0.15, -0.1) is 10.2 Å². The van der Waals surface area contributed by atoms with E-state index in [9.17, 15) is 0 Å². The summed E-state index contributed by atoms with van der Waals surface area (Å²) in [6.07, 6.45) is 4.89. The number of hydrogen-bond acceptors (Lipinski definition) is 4. The topological polar surface area (TPSA) is 52.0 Å². The third kappa shape index (κ3) is 2.06. The summed E-state index contributed by atoms with van der Waals surface area (Å²) in [7, 11) is 0. The Labute approximate surface area is 108 Å². The standard InChI is InChI=1S/C13H22N4O/c1-10-13(2,6-8-18-10)14-9-12-16-15-11-5-3-4-7-17(11)12/h10,14H,3-9H2,1-2H3. The van der Waals surface area contributed by atoms with Crippen LogP contribution >= 0.6 is 0 Å². The molecule has 1 aromatic rings. The molecule has 0 aliphatic carbocycles. The molecule has 3 heterocycles. The fraction of sp³-hybridized carbons (Fsp3) is 0.846. The van der Waals surface area contributed by atoms with Crippen molar-refractivity contribution >= 4 is 0 Å². The van der Waals surface area contributed by atoms with Crippen molar-refractivity contribution in [2.75, 3.05) is 6.61 Å². The Morgan fingerprint density at radius 1 is 1.44 bits per heavy atom. The van der Waals surface area contributed by atoms with Gasteiger partial charge in [0.2, 0.25) is 0 Å². The molecule has 1 N–H and O–H groups in total. The first-order valence-electron chi connectivity index (χ1n) is 6.97. The van der Waals surface area contributed by atoms with Crippen LogP contribution in [-0.4, -0.2) is 33.0 Å². The highest BCUT2D eigenvalue weighted by molar-refractivity contribution is 5.01. The predicted octanol–water partition coefficient (Wildman–Crippen LogP) is 1.27. The third-order valence-electron chi connectivity index (χ3n) is 4.47. The van der Waals surface area contributed by atoms with E-state index < -0.39 is 0 Å². The largest absolute Gasteiger partial charge is 0.377 e. The second-order valence-electron chi connectivity index (χ2n) is 5.68. The first-order chi connectivity index (χ1) is 8.69. The van der Waals surface area contributed by atoms with Crippen molar-refractivity contribution in [3.8, 4) is 0 Å². The summed E-state index contributed by atoms with van der Waals surface area (Å²) in [5.41, 5.74) is 0.0705. The molecule has 0 amide bonds. The number of nitrogens with zero attached hydrogens (tertiary/aromatic N) is 3. The number of fused-ring (bicyclic) bond motifs is 1. The van der Waals surface area contributed by atoms with Crippen molar-refractivity contribution in [1.82, 2.24) is 20.1 Å². The summed E-state index contributed by atoms with van der Waals surface area (Å²) in [6.45, 7) is 7.08. The van der Waals surface area contributed by atoms with Crippen LogP contribution in [-0.2, 0) is 24.2 Å². The zero-order chi connectivity index (χ0) is 12.6. The fourth-order valence-electron chi connectivity index (χ4n) is 2.85. The smallest absolute Gasteiger partial charge is 0.147 e. The van der Waals surface area contributed by atoms with Crippen LogP contribution in [0.2, 0.25) is 0 Å². The summed E-state index contributed by atoms with van der Waals surface area (Å²) < 4.78 is 7.92. The van der Waals surface area contributed by atoms with Crippen molar-refractivity contribution in [3.63, 3.8) is 0 Å². The van der Waals surface area contributed by atoms with Crippen LogP contribution in [0.4, 0.5) is 0 Å². The van der Waals surface area contributed by atoms with Gasteiger partial charge in [-0.1, -0.05) is 0 Å². The maximum absolute atomic E-state index is 5.65. The zero-order valence-electron chi connectivity index (χ0n) is 11.3. The number of ether oxygens (including phenoxy) is 1. The minimum absolute atomic E-state index is 0.0705. The molecule has 2 aliphatic heterocycles. The molecule has 3 rings (SSSR count). The highest BCUT2D eigenvalue weighted by atomic mass is 16.5. The Morgan fingerprint density at radius 3 is 3.11 bits per heavy atom. The first-order valence-corrected chi connectivity index (χ1v) is 6.97. The van der Waals surface area contributed by atoms with Gasteiger partial charge in [-0.05, 0) is 33.1 Å². The van der Waals surface area contributed by atoms with Gasteiger partial charge in [0.15, 0.2) is 0 Å². The molecular formula is C13H22N4O. The molecular weight excluding hydrogens is 228 g/mol. The van der Waals surface area contributed by atoms with Gasteiger partial charge in [0.05, 0.1) is 12.6 Å². The Kier molecular flexibility index (Phi) is 3.11. The van der Waals surface area contributed by atoms with Crippen LogP contribution in [0, 0.1) is 0 Å². The van der Waals surface area contributed by atoms with Crippen molar-refractivity contribution in [3.05, 3.63) is 11.6 Å². The van der Waals surface area contributed by atoms with E-state index >= 15 is 0 Å². The molecule has 0 aromatic carbocycles.